The van der Waals surface area contributed by atoms with Crippen LogP contribution in [-0.4, -0.2) is 25.7 Å². The van der Waals surface area contributed by atoms with Crippen molar-refractivity contribution in [2.75, 3.05) is 24.5 Å². The molecular weight excluding hydrogens is 219 g/mol. The molecule has 0 saturated carbocycles. The van der Waals surface area contributed by atoms with Crippen LogP contribution in [0.25, 0.3) is 11.0 Å². The predicted molar refractivity (Wildman–Crippen MR) is 65.8 cm³/mol. The van der Waals surface area contributed by atoms with Crippen LogP contribution in [0.3, 0.4) is 0 Å². The van der Waals surface area contributed by atoms with Crippen LogP contribution in [-0.2, 0) is 0 Å². The molecule has 4 heteroatoms. The molecule has 17 heavy (non-hydrogen) atoms. The molecule has 1 aromatic carbocycles. The second-order valence-electron chi connectivity index (χ2n) is 4.57. The molecule has 1 aliphatic rings. The van der Waals surface area contributed by atoms with E-state index >= 15 is 0 Å². The molecule has 0 aliphatic carbocycles. The van der Waals surface area contributed by atoms with Crippen molar-refractivity contribution in [1.82, 2.24) is 5.32 Å². The Hall–Kier alpha value is -1.55. The Morgan fingerprint density at radius 1 is 1.47 bits per heavy atom. The van der Waals surface area contributed by atoms with Gasteiger partial charge in [0.1, 0.15) is 5.82 Å². The molecule has 1 aliphatic heterocycles. The van der Waals surface area contributed by atoms with Crippen molar-refractivity contribution in [2.45, 2.75) is 13.0 Å². The minimum absolute atomic E-state index is 0.208. The van der Waals surface area contributed by atoms with E-state index in [1.54, 1.807) is 18.4 Å². The monoisotopic (exact) mass is 234 g/mol. The maximum absolute atomic E-state index is 13.5. The Bertz CT molecular complexity index is 537. The zero-order valence-corrected chi connectivity index (χ0v) is 9.74. The third kappa shape index (κ3) is 1.89. The van der Waals surface area contributed by atoms with Gasteiger partial charge in [0.05, 0.1) is 12.0 Å². The number of rotatable bonds is 1. The maximum atomic E-state index is 13.5. The Morgan fingerprint density at radius 3 is 3.18 bits per heavy atom. The fourth-order valence-corrected chi connectivity index (χ4v) is 2.41. The second kappa shape index (κ2) is 4.04. The summed E-state index contributed by atoms with van der Waals surface area (Å²) >= 11 is 0. The summed E-state index contributed by atoms with van der Waals surface area (Å²) in [5.41, 5.74) is 1.64. The summed E-state index contributed by atoms with van der Waals surface area (Å²) in [5, 5.41) is 4.20. The van der Waals surface area contributed by atoms with Gasteiger partial charge >= 0.3 is 0 Å². The van der Waals surface area contributed by atoms with E-state index in [-0.39, 0.29) is 5.82 Å². The molecule has 2 heterocycles. The standard InChI is InChI=1S/C13H15FN2O/c1-9-8-16(4-3-15-9)12-7-11(14)6-10-2-5-17-13(10)12/h2,5-7,9,15H,3-4,8H2,1H3/t9-/m1/s1. The van der Waals surface area contributed by atoms with Gasteiger partial charge in [0.25, 0.3) is 0 Å². The Balaban J connectivity index is 2.06. The molecule has 0 unspecified atom stereocenters. The van der Waals surface area contributed by atoms with E-state index in [1.165, 1.54) is 6.07 Å². The molecule has 90 valence electrons. The largest absolute Gasteiger partial charge is 0.462 e. The van der Waals surface area contributed by atoms with Gasteiger partial charge in [0.15, 0.2) is 5.58 Å². The third-order valence-corrected chi connectivity index (χ3v) is 3.21. The molecular formula is C13H15FN2O. The lowest BCUT2D eigenvalue weighted by molar-refractivity contribution is 0.482. The highest BCUT2D eigenvalue weighted by Crippen LogP contribution is 2.29. The van der Waals surface area contributed by atoms with Gasteiger partial charge in [-0.2, -0.15) is 0 Å². The minimum atomic E-state index is -0.208. The number of hydrogen-bond donors (Lipinski definition) is 1. The van der Waals surface area contributed by atoms with Gasteiger partial charge in [-0.15, -0.1) is 0 Å². The highest BCUT2D eigenvalue weighted by molar-refractivity contribution is 5.89. The van der Waals surface area contributed by atoms with E-state index in [0.29, 0.717) is 6.04 Å². The van der Waals surface area contributed by atoms with Gasteiger partial charge in [0.2, 0.25) is 0 Å². The Morgan fingerprint density at radius 2 is 2.35 bits per heavy atom. The molecule has 0 amide bonds. The van der Waals surface area contributed by atoms with E-state index in [1.807, 2.05) is 0 Å². The number of hydrogen-bond acceptors (Lipinski definition) is 3. The highest BCUT2D eigenvalue weighted by Gasteiger charge is 2.19. The van der Waals surface area contributed by atoms with Crippen molar-refractivity contribution in [3.05, 3.63) is 30.3 Å². The average molecular weight is 234 g/mol. The summed E-state index contributed by atoms with van der Waals surface area (Å²) in [5.74, 6) is -0.208. The molecule has 1 N–H and O–H groups in total. The van der Waals surface area contributed by atoms with Crippen LogP contribution in [0.4, 0.5) is 10.1 Å². The smallest absolute Gasteiger partial charge is 0.157 e. The van der Waals surface area contributed by atoms with Crippen molar-refractivity contribution in [1.29, 1.82) is 0 Å². The third-order valence-electron chi connectivity index (χ3n) is 3.21. The molecule has 3 nitrogen and oxygen atoms in total. The van der Waals surface area contributed by atoms with Crippen molar-refractivity contribution in [3.8, 4) is 0 Å². The summed E-state index contributed by atoms with van der Waals surface area (Å²) in [6.07, 6.45) is 1.61. The fraction of sp³-hybridized carbons (Fsp3) is 0.385. The minimum Gasteiger partial charge on any atom is -0.462 e. The van der Waals surface area contributed by atoms with Crippen LogP contribution in [0, 0.1) is 5.82 Å². The van der Waals surface area contributed by atoms with Gasteiger partial charge in [-0.25, -0.2) is 4.39 Å². The van der Waals surface area contributed by atoms with Crippen LogP contribution in [0.2, 0.25) is 0 Å². The van der Waals surface area contributed by atoms with Gasteiger partial charge in [-0.05, 0) is 19.1 Å². The number of nitrogens with zero attached hydrogens (tertiary/aromatic N) is 1. The van der Waals surface area contributed by atoms with Gasteiger partial charge in [0, 0.05) is 37.1 Å². The zero-order chi connectivity index (χ0) is 11.8. The van der Waals surface area contributed by atoms with Crippen LogP contribution in [0.5, 0.6) is 0 Å². The molecule has 1 atom stereocenters. The van der Waals surface area contributed by atoms with Crippen LogP contribution in [0.15, 0.2) is 28.9 Å². The van der Waals surface area contributed by atoms with Crippen molar-refractivity contribution in [2.24, 2.45) is 0 Å². The molecule has 0 bridgehead atoms. The first-order valence-electron chi connectivity index (χ1n) is 5.89. The SMILES string of the molecule is C[C@@H]1CN(c2cc(F)cc3ccoc23)CCN1. The molecule has 1 fully saturated rings. The number of fused-ring (bicyclic) bond motifs is 1. The molecule has 3 rings (SSSR count). The van der Waals surface area contributed by atoms with Gasteiger partial charge < -0.3 is 14.6 Å². The van der Waals surface area contributed by atoms with E-state index in [2.05, 4.69) is 17.1 Å². The summed E-state index contributed by atoms with van der Waals surface area (Å²) in [7, 11) is 0. The predicted octanol–water partition coefficient (Wildman–Crippen LogP) is 2.37. The van der Waals surface area contributed by atoms with Crippen LogP contribution >= 0.6 is 0 Å². The maximum Gasteiger partial charge on any atom is 0.157 e. The normalized spacial score (nSPS) is 21.1. The van der Waals surface area contributed by atoms with Crippen molar-refractivity contribution >= 4 is 16.7 Å². The first-order valence-corrected chi connectivity index (χ1v) is 5.89. The molecule has 2 aromatic rings. The second-order valence-corrected chi connectivity index (χ2v) is 4.57. The number of anilines is 1. The number of furan rings is 1. The molecule has 0 spiro atoms. The van der Waals surface area contributed by atoms with Crippen LogP contribution < -0.4 is 10.2 Å². The van der Waals surface area contributed by atoms with Gasteiger partial charge in [-0.3, -0.25) is 0 Å². The molecule has 1 aromatic heterocycles. The Kier molecular flexibility index (Phi) is 2.52. The topological polar surface area (TPSA) is 28.4 Å². The number of benzene rings is 1. The number of piperazine rings is 1. The lowest BCUT2D eigenvalue weighted by Crippen LogP contribution is -2.49. The number of nitrogens with one attached hydrogen (secondary N) is 1. The average Bonchev–Trinajstić information content (AvgIpc) is 2.75. The van der Waals surface area contributed by atoms with E-state index in [4.69, 9.17) is 4.42 Å². The van der Waals surface area contributed by atoms with Crippen molar-refractivity contribution in [3.63, 3.8) is 0 Å². The highest BCUT2D eigenvalue weighted by atomic mass is 19.1. The van der Waals surface area contributed by atoms with E-state index < -0.39 is 0 Å². The summed E-state index contributed by atoms with van der Waals surface area (Å²) in [6.45, 7) is 4.80. The summed E-state index contributed by atoms with van der Waals surface area (Å²) in [4.78, 5) is 2.18. The molecule has 1 saturated heterocycles. The van der Waals surface area contributed by atoms with Crippen LogP contribution in [0.1, 0.15) is 6.92 Å². The van der Waals surface area contributed by atoms with Crippen molar-refractivity contribution < 1.29 is 8.81 Å². The zero-order valence-electron chi connectivity index (χ0n) is 9.74. The van der Waals surface area contributed by atoms with Gasteiger partial charge in [-0.1, -0.05) is 0 Å². The van der Waals surface area contributed by atoms with E-state index in [9.17, 15) is 4.39 Å². The lowest BCUT2D eigenvalue weighted by Gasteiger charge is -2.33. The fourth-order valence-electron chi connectivity index (χ4n) is 2.41. The first kappa shape index (κ1) is 10.6. The number of halogens is 1. The lowest BCUT2D eigenvalue weighted by atomic mass is 10.1. The molecule has 0 radical (unpaired) electrons. The quantitative estimate of drug-likeness (QED) is 0.821. The summed E-state index contributed by atoms with van der Waals surface area (Å²) in [6, 6.07) is 5.28. The Labute approximate surface area is 99.2 Å². The summed E-state index contributed by atoms with van der Waals surface area (Å²) < 4.78 is 19.0. The first-order chi connectivity index (χ1) is 8.24. The van der Waals surface area contributed by atoms with E-state index in [0.717, 1.165) is 36.3 Å².